The summed E-state index contributed by atoms with van der Waals surface area (Å²) in [7, 11) is 1.77. The summed E-state index contributed by atoms with van der Waals surface area (Å²) in [5, 5.41) is 10.9. The number of aliphatic imine (C=N–C) groups is 1. The molecule has 6 nitrogen and oxygen atoms in total. The van der Waals surface area contributed by atoms with Crippen molar-refractivity contribution in [3.8, 4) is 5.75 Å². The number of rotatable bonds is 9. The molecular weight excluding hydrogens is 340 g/mol. The first kappa shape index (κ1) is 20.8. The maximum Gasteiger partial charge on any atom is 0.191 e. The second-order valence-electron chi connectivity index (χ2n) is 6.87. The van der Waals surface area contributed by atoms with Crippen molar-refractivity contribution in [1.29, 1.82) is 0 Å². The summed E-state index contributed by atoms with van der Waals surface area (Å²) in [4.78, 5) is 4.31. The Balaban J connectivity index is 1.91. The molecule has 0 aliphatic rings. The first-order valence-corrected chi connectivity index (χ1v) is 9.69. The summed E-state index contributed by atoms with van der Waals surface area (Å²) in [5.41, 5.74) is 3.28. The van der Waals surface area contributed by atoms with E-state index in [0.29, 0.717) is 19.0 Å². The van der Waals surface area contributed by atoms with Crippen molar-refractivity contribution in [3.05, 3.63) is 46.8 Å². The van der Waals surface area contributed by atoms with E-state index in [1.807, 2.05) is 12.1 Å². The van der Waals surface area contributed by atoms with Crippen molar-refractivity contribution < 1.29 is 9.26 Å². The third-order valence-corrected chi connectivity index (χ3v) is 4.20. The Labute approximate surface area is 162 Å². The van der Waals surface area contributed by atoms with E-state index in [1.165, 1.54) is 0 Å². The molecule has 0 amide bonds. The highest BCUT2D eigenvalue weighted by atomic mass is 16.5. The Morgan fingerprint density at radius 1 is 1.19 bits per heavy atom. The molecule has 1 aromatic heterocycles. The first-order chi connectivity index (χ1) is 13.1. The number of aryl methyl sites for hydroxylation is 2. The molecule has 0 unspecified atom stereocenters. The molecule has 2 N–H and O–H groups in total. The Kier molecular flexibility index (Phi) is 8.17. The molecule has 0 saturated heterocycles. The average molecular weight is 373 g/mol. The number of nitrogens with one attached hydrogen (secondary N) is 2. The van der Waals surface area contributed by atoms with Crippen LogP contribution in [0.25, 0.3) is 0 Å². The minimum Gasteiger partial charge on any atom is -0.493 e. The van der Waals surface area contributed by atoms with Crippen LogP contribution < -0.4 is 15.4 Å². The zero-order chi connectivity index (χ0) is 19.6. The second kappa shape index (κ2) is 10.6. The van der Waals surface area contributed by atoms with Gasteiger partial charge in [-0.3, -0.25) is 4.99 Å². The highest BCUT2D eigenvalue weighted by Gasteiger charge is 2.13. The Bertz CT molecular complexity index is 716. The number of aromatic nitrogens is 1. The van der Waals surface area contributed by atoms with Crippen LogP contribution in [0.3, 0.4) is 0 Å². The minimum atomic E-state index is 0.508. The number of hydrogen-bond donors (Lipinski definition) is 2. The van der Waals surface area contributed by atoms with Crippen LogP contribution in [0, 0.1) is 5.92 Å². The van der Waals surface area contributed by atoms with Gasteiger partial charge in [-0.05, 0) is 30.0 Å². The molecule has 0 fully saturated rings. The van der Waals surface area contributed by atoms with E-state index in [1.54, 1.807) is 7.05 Å². The minimum absolute atomic E-state index is 0.508. The van der Waals surface area contributed by atoms with Gasteiger partial charge in [0, 0.05) is 32.1 Å². The number of ether oxygens (including phenoxy) is 1. The lowest BCUT2D eigenvalue weighted by Gasteiger charge is -2.13. The van der Waals surface area contributed by atoms with Crippen LogP contribution in [0.5, 0.6) is 5.75 Å². The van der Waals surface area contributed by atoms with Gasteiger partial charge in [-0.15, -0.1) is 0 Å². The lowest BCUT2D eigenvalue weighted by atomic mass is 10.1. The van der Waals surface area contributed by atoms with Gasteiger partial charge in [0.2, 0.25) is 0 Å². The highest BCUT2D eigenvalue weighted by Crippen LogP contribution is 2.16. The van der Waals surface area contributed by atoms with Gasteiger partial charge in [0.15, 0.2) is 5.96 Å². The molecular formula is C21H32N4O2. The number of hydrogen-bond acceptors (Lipinski definition) is 4. The molecule has 0 aliphatic carbocycles. The van der Waals surface area contributed by atoms with Crippen molar-refractivity contribution >= 4 is 5.96 Å². The van der Waals surface area contributed by atoms with E-state index >= 15 is 0 Å². The topological polar surface area (TPSA) is 71.7 Å². The molecule has 2 rings (SSSR count). The van der Waals surface area contributed by atoms with Crippen molar-refractivity contribution in [1.82, 2.24) is 15.8 Å². The van der Waals surface area contributed by atoms with E-state index in [0.717, 1.165) is 53.7 Å². The Hall–Kier alpha value is -2.50. The molecule has 27 heavy (non-hydrogen) atoms. The molecule has 0 aliphatic heterocycles. The summed E-state index contributed by atoms with van der Waals surface area (Å²) >= 11 is 0. The molecule has 0 saturated carbocycles. The number of benzene rings is 1. The van der Waals surface area contributed by atoms with Gasteiger partial charge in [0.05, 0.1) is 12.3 Å². The molecule has 1 aromatic carbocycles. The Morgan fingerprint density at radius 3 is 2.63 bits per heavy atom. The fraction of sp³-hybridized carbons (Fsp3) is 0.524. The molecule has 6 heteroatoms. The maximum absolute atomic E-state index is 5.80. The van der Waals surface area contributed by atoms with Gasteiger partial charge >= 0.3 is 0 Å². The largest absolute Gasteiger partial charge is 0.493 e. The van der Waals surface area contributed by atoms with Crippen molar-refractivity contribution in [2.75, 3.05) is 13.7 Å². The molecule has 2 aromatic rings. The van der Waals surface area contributed by atoms with Crippen LogP contribution in [-0.2, 0) is 25.9 Å². The summed E-state index contributed by atoms with van der Waals surface area (Å²) in [6.07, 6.45) is 1.69. The molecule has 1 heterocycles. The van der Waals surface area contributed by atoms with Crippen LogP contribution in [0.1, 0.15) is 50.3 Å². The van der Waals surface area contributed by atoms with E-state index in [4.69, 9.17) is 9.26 Å². The quantitative estimate of drug-likeness (QED) is 0.519. The summed E-state index contributed by atoms with van der Waals surface area (Å²) < 4.78 is 11.2. The second-order valence-corrected chi connectivity index (χ2v) is 6.87. The van der Waals surface area contributed by atoms with E-state index in [9.17, 15) is 0 Å². The van der Waals surface area contributed by atoms with Crippen molar-refractivity contribution in [2.24, 2.45) is 10.9 Å². The lowest BCUT2D eigenvalue weighted by molar-refractivity contribution is 0.271. The van der Waals surface area contributed by atoms with Crippen LogP contribution in [0.4, 0.5) is 0 Å². The molecule has 0 bridgehead atoms. The molecule has 148 valence electrons. The van der Waals surface area contributed by atoms with Gasteiger partial charge < -0.3 is 19.9 Å². The monoisotopic (exact) mass is 372 g/mol. The Morgan fingerprint density at radius 2 is 1.96 bits per heavy atom. The van der Waals surface area contributed by atoms with Gasteiger partial charge in [0.25, 0.3) is 0 Å². The summed E-state index contributed by atoms with van der Waals surface area (Å²) in [5.74, 6) is 3.09. The first-order valence-electron chi connectivity index (χ1n) is 9.69. The standard InChI is InChI=1S/C21H32N4O2/c1-6-19-18(20(7-2)27-25-19)13-24-21(22-5)23-12-16-9-8-10-17(11-16)26-14-15(3)4/h8-11,15H,6-7,12-14H2,1-5H3,(H2,22,23,24). The van der Waals surface area contributed by atoms with Gasteiger partial charge in [-0.1, -0.05) is 45.0 Å². The number of nitrogens with zero attached hydrogens (tertiary/aromatic N) is 2. The van der Waals surface area contributed by atoms with Crippen LogP contribution in [0.15, 0.2) is 33.8 Å². The van der Waals surface area contributed by atoms with Gasteiger partial charge in [-0.2, -0.15) is 0 Å². The number of guanidine groups is 1. The normalized spacial score (nSPS) is 11.7. The average Bonchev–Trinajstić information content (AvgIpc) is 3.09. The van der Waals surface area contributed by atoms with Gasteiger partial charge in [0.1, 0.15) is 11.5 Å². The SMILES string of the molecule is CCc1noc(CC)c1CNC(=NC)NCc1cccc(OCC(C)C)c1. The zero-order valence-corrected chi connectivity index (χ0v) is 17.1. The lowest BCUT2D eigenvalue weighted by Crippen LogP contribution is -2.36. The van der Waals surface area contributed by atoms with Crippen LogP contribution in [-0.4, -0.2) is 24.8 Å². The highest BCUT2D eigenvalue weighted by molar-refractivity contribution is 5.79. The van der Waals surface area contributed by atoms with Crippen LogP contribution in [0.2, 0.25) is 0 Å². The molecule has 0 atom stereocenters. The fourth-order valence-corrected chi connectivity index (χ4v) is 2.72. The summed E-state index contributed by atoms with van der Waals surface area (Å²) in [6, 6.07) is 8.14. The predicted octanol–water partition coefficient (Wildman–Crippen LogP) is 3.70. The molecule has 0 spiro atoms. The maximum atomic E-state index is 5.80. The van der Waals surface area contributed by atoms with Crippen LogP contribution >= 0.6 is 0 Å². The van der Waals surface area contributed by atoms with Gasteiger partial charge in [-0.25, -0.2) is 0 Å². The zero-order valence-electron chi connectivity index (χ0n) is 17.1. The third-order valence-electron chi connectivity index (χ3n) is 4.20. The van der Waals surface area contributed by atoms with E-state index < -0.39 is 0 Å². The summed E-state index contributed by atoms with van der Waals surface area (Å²) in [6.45, 7) is 10.5. The van der Waals surface area contributed by atoms with Crippen molar-refractivity contribution in [3.63, 3.8) is 0 Å². The molecule has 0 radical (unpaired) electrons. The third kappa shape index (κ3) is 6.31. The predicted molar refractivity (Wildman–Crippen MR) is 109 cm³/mol. The smallest absolute Gasteiger partial charge is 0.191 e. The van der Waals surface area contributed by atoms with Crippen molar-refractivity contribution in [2.45, 2.75) is 53.6 Å². The fourth-order valence-electron chi connectivity index (χ4n) is 2.72. The van der Waals surface area contributed by atoms with E-state index in [-0.39, 0.29) is 0 Å². The van der Waals surface area contributed by atoms with E-state index in [2.05, 4.69) is 60.6 Å².